The molecule has 0 aliphatic rings. The highest BCUT2D eigenvalue weighted by Crippen LogP contribution is 2.34. The van der Waals surface area contributed by atoms with Crippen LogP contribution >= 0.6 is 0 Å². The van der Waals surface area contributed by atoms with Crippen molar-refractivity contribution in [3.63, 3.8) is 0 Å². The van der Waals surface area contributed by atoms with E-state index in [9.17, 15) is 20.1 Å². The highest BCUT2D eigenvalue weighted by atomic mass is 28.5. The summed E-state index contributed by atoms with van der Waals surface area (Å²) in [7, 11) is -9.96. The van der Waals surface area contributed by atoms with Crippen LogP contribution in [0.15, 0.2) is 12.2 Å². The van der Waals surface area contributed by atoms with E-state index in [0.29, 0.717) is 37.3 Å². The van der Waals surface area contributed by atoms with Crippen LogP contribution in [-0.4, -0.2) is 81.5 Å². The van der Waals surface area contributed by atoms with Crippen molar-refractivity contribution < 1.29 is 37.2 Å². The van der Waals surface area contributed by atoms with Crippen molar-refractivity contribution >= 4 is 39.7 Å². The Morgan fingerprint density at radius 1 is 0.676 bits per heavy atom. The molecule has 0 fully saturated rings. The van der Waals surface area contributed by atoms with Crippen LogP contribution in [0.2, 0.25) is 63.5 Å². The van der Waals surface area contributed by atoms with Crippen molar-refractivity contribution in [2.45, 2.75) is 96.1 Å². The van der Waals surface area contributed by atoms with Crippen LogP contribution in [0.3, 0.4) is 0 Å². The summed E-state index contributed by atoms with van der Waals surface area (Å²) in [6.45, 7) is 18.6. The molecule has 0 saturated carbocycles. The molecule has 202 valence electrons. The lowest BCUT2D eigenvalue weighted by Crippen LogP contribution is -2.62. The van der Waals surface area contributed by atoms with Gasteiger partial charge in [-0.15, -0.1) is 0 Å². The molecular formula is C22H50O8Si4. The molecule has 0 aromatic heterocycles. The molecule has 8 nitrogen and oxygen atoms in total. The molecular weight excluding hydrogens is 505 g/mol. The van der Waals surface area contributed by atoms with E-state index in [1.54, 1.807) is 6.92 Å². The number of esters is 1. The summed E-state index contributed by atoms with van der Waals surface area (Å²) in [4.78, 5) is 11.9. The number of carbonyl (C=O) groups excluding carboxylic acids is 1. The zero-order valence-corrected chi connectivity index (χ0v) is 26.6. The lowest BCUT2D eigenvalue weighted by Gasteiger charge is -2.45. The molecule has 0 aromatic rings. The zero-order valence-electron chi connectivity index (χ0n) is 22.6. The first kappa shape index (κ1) is 33.8. The number of ether oxygens (including phenoxy) is 1. The van der Waals surface area contributed by atoms with Crippen LogP contribution in [0.5, 0.6) is 0 Å². The van der Waals surface area contributed by atoms with Gasteiger partial charge in [0.1, 0.15) is 0 Å². The molecule has 12 heteroatoms. The third kappa shape index (κ3) is 15.1. The van der Waals surface area contributed by atoms with E-state index in [0.717, 1.165) is 18.1 Å². The van der Waals surface area contributed by atoms with Gasteiger partial charge in [0.15, 0.2) is 25.0 Å². The van der Waals surface area contributed by atoms with Gasteiger partial charge in [0.05, 0.1) is 6.61 Å². The Bertz CT molecular complexity index is 559. The van der Waals surface area contributed by atoms with Crippen molar-refractivity contribution in [2.75, 3.05) is 26.4 Å². The number of hydrogen-bond acceptors (Lipinski definition) is 8. The molecule has 0 aliphatic carbocycles. The second kappa shape index (κ2) is 15.8. The van der Waals surface area contributed by atoms with E-state index in [1.807, 2.05) is 0 Å². The Labute approximate surface area is 211 Å². The fraction of sp³-hybridized carbons (Fsp3) is 0.864. The summed E-state index contributed by atoms with van der Waals surface area (Å²) in [5.74, 6) is -0.414. The molecule has 0 aromatic carbocycles. The fourth-order valence-corrected chi connectivity index (χ4v) is 21.5. The lowest BCUT2D eigenvalue weighted by atomic mass is 10.4. The predicted octanol–water partition coefficient (Wildman–Crippen LogP) is 4.25. The second-order valence-electron chi connectivity index (χ2n) is 10.8. The molecule has 0 heterocycles. The van der Waals surface area contributed by atoms with Crippen LogP contribution in [0.1, 0.15) is 32.6 Å². The maximum atomic E-state index is 11.9. The van der Waals surface area contributed by atoms with Gasteiger partial charge >= 0.3 is 14.8 Å². The van der Waals surface area contributed by atoms with E-state index in [1.165, 1.54) is 0 Å². The first-order chi connectivity index (χ1) is 15.6. The van der Waals surface area contributed by atoms with E-state index < -0.39 is 39.7 Å². The molecule has 0 amide bonds. The van der Waals surface area contributed by atoms with Crippen LogP contribution in [0, 0.1) is 0 Å². The van der Waals surface area contributed by atoms with Gasteiger partial charge in [-0.05, 0) is 90.0 Å². The zero-order chi connectivity index (χ0) is 26.5. The van der Waals surface area contributed by atoms with Gasteiger partial charge in [-0.1, -0.05) is 6.58 Å². The van der Waals surface area contributed by atoms with Gasteiger partial charge < -0.3 is 32.4 Å². The van der Waals surface area contributed by atoms with Crippen molar-refractivity contribution in [1.29, 1.82) is 0 Å². The van der Waals surface area contributed by atoms with Gasteiger partial charge in [-0.3, -0.25) is 0 Å². The number of carbonyl (C=O) groups is 1. The van der Waals surface area contributed by atoms with Crippen molar-refractivity contribution in [3.8, 4) is 0 Å². The monoisotopic (exact) mass is 554 g/mol. The van der Waals surface area contributed by atoms with Gasteiger partial charge in [0, 0.05) is 31.4 Å². The summed E-state index contributed by atoms with van der Waals surface area (Å²) >= 11 is 0. The van der Waals surface area contributed by atoms with E-state index >= 15 is 0 Å². The Hall–Kier alpha value is -0.162. The maximum absolute atomic E-state index is 11.9. The summed E-state index contributed by atoms with van der Waals surface area (Å²) in [5.41, 5.74) is 0.361. The van der Waals surface area contributed by atoms with Crippen LogP contribution < -0.4 is 0 Å². The highest BCUT2D eigenvalue weighted by Gasteiger charge is 2.51. The molecule has 0 spiro atoms. The van der Waals surface area contributed by atoms with E-state index in [-0.39, 0.29) is 26.4 Å². The summed E-state index contributed by atoms with van der Waals surface area (Å²) < 4.78 is 26.1. The fourth-order valence-electron chi connectivity index (χ4n) is 3.72. The Kier molecular flexibility index (Phi) is 15.8. The van der Waals surface area contributed by atoms with Crippen molar-refractivity contribution in [3.05, 3.63) is 12.2 Å². The minimum atomic E-state index is -3.22. The quantitative estimate of drug-likeness (QED) is 0.0886. The number of aliphatic hydroxyl groups excluding tert-OH is 3. The largest absolute Gasteiger partial charge is 0.469 e. The number of rotatable bonds is 20. The number of aliphatic hydroxyl groups is 3. The molecule has 0 saturated heterocycles. The first-order valence-electron chi connectivity index (χ1n) is 12.4. The molecule has 0 bridgehead atoms. The molecule has 0 rings (SSSR count). The Morgan fingerprint density at radius 3 is 1.32 bits per heavy atom. The predicted molar refractivity (Wildman–Crippen MR) is 146 cm³/mol. The van der Waals surface area contributed by atoms with Crippen LogP contribution in [0.4, 0.5) is 0 Å². The standard InChI is InChI=1S/C22H50O8Si4/c1-21(2)22(26)27-16-12-20-34(28-31(3,4)17-9-13-23,29-32(5,6)18-10-14-24)30-33(7,8)19-11-15-25/h23-25H,1,9-20H2,2-8H3. The molecule has 3 N–H and O–H groups in total. The Morgan fingerprint density at radius 2 is 1.03 bits per heavy atom. The van der Waals surface area contributed by atoms with Gasteiger partial charge in [-0.2, -0.15) is 0 Å². The van der Waals surface area contributed by atoms with Crippen LogP contribution in [0.25, 0.3) is 0 Å². The van der Waals surface area contributed by atoms with E-state index in [2.05, 4.69) is 45.9 Å². The third-order valence-electron chi connectivity index (χ3n) is 5.32. The van der Waals surface area contributed by atoms with Gasteiger partial charge in [0.25, 0.3) is 0 Å². The average molecular weight is 555 g/mol. The average Bonchev–Trinajstić information content (AvgIpc) is 2.71. The van der Waals surface area contributed by atoms with Gasteiger partial charge in [0.2, 0.25) is 0 Å². The topological polar surface area (TPSA) is 115 Å². The maximum Gasteiger partial charge on any atom is 0.469 e. The second-order valence-corrected chi connectivity index (χ2v) is 27.1. The smallest absolute Gasteiger partial charge is 0.462 e. The molecule has 0 radical (unpaired) electrons. The molecule has 34 heavy (non-hydrogen) atoms. The first-order valence-corrected chi connectivity index (χ1v) is 23.7. The number of hydrogen-bond donors (Lipinski definition) is 3. The normalized spacial score (nSPS) is 13.2. The molecule has 0 atom stereocenters. The summed E-state index contributed by atoms with van der Waals surface area (Å²) in [6, 6.07) is 2.88. The third-order valence-corrected chi connectivity index (χ3v) is 21.3. The van der Waals surface area contributed by atoms with Gasteiger partial charge in [-0.25, -0.2) is 4.79 Å². The van der Waals surface area contributed by atoms with Crippen molar-refractivity contribution in [2.24, 2.45) is 0 Å². The lowest BCUT2D eigenvalue weighted by molar-refractivity contribution is -0.139. The Balaban J connectivity index is 6.02. The minimum Gasteiger partial charge on any atom is -0.462 e. The summed E-state index contributed by atoms with van der Waals surface area (Å²) in [6.07, 6.45) is 2.54. The molecule has 0 aliphatic heterocycles. The SMILES string of the molecule is C=C(C)C(=O)OCCC[Si](O[Si](C)(C)CCCO)(O[Si](C)(C)CCCO)O[Si](C)(C)CCCO. The van der Waals surface area contributed by atoms with E-state index in [4.69, 9.17) is 17.1 Å². The van der Waals surface area contributed by atoms with Crippen LogP contribution in [-0.2, 0) is 21.9 Å². The highest BCUT2D eigenvalue weighted by molar-refractivity contribution is 6.90. The molecule has 0 unspecified atom stereocenters. The summed E-state index contributed by atoms with van der Waals surface area (Å²) in [5, 5.41) is 28.2. The van der Waals surface area contributed by atoms with Crippen molar-refractivity contribution in [1.82, 2.24) is 0 Å². The minimum absolute atomic E-state index is 0.112.